The predicted molar refractivity (Wildman–Crippen MR) is 177 cm³/mol. The Bertz CT molecular complexity index is 1110. The monoisotopic (exact) mass is 626 g/mol. The fraction of sp³-hybridized carbons (Fsp3) is 0.846. The minimum atomic E-state index is -0.226. The Labute approximate surface area is 273 Å². The van der Waals surface area contributed by atoms with E-state index >= 15 is 0 Å². The van der Waals surface area contributed by atoms with E-state index < -0.39 is 0 Å². The van der Waals surface area contributed by atoms with Gasteiger partial charge in [-0.3, -0.25) is 14.4 Å². The van der Waals surface area contributed by atoms with Gasteiger partial charge in [0.25, 0.3) is 0 Å². The first kappa shape index (κ1) is 35.9. The second-order valence-corrected chi connectivity index (χ2v) is 16.1. The van der Waals surface area contributed by atoms with Gasteiger partial charge in [-0.2, -0.15) is 0 Å². The molecule has 4 aliphatic carbocycles. The van der Waals surface area contributed by atoms with Crippen molar-refractivity contribution >= 4 is 23.5 Å². The van der Waals surface area contributed by atoms with E-state index in [1.54, 1.807) is 0 Å². The third kappa shape index (κ3) is 7.15. The fourth-order valence-electron chi connectivity index (χ4n) is 10.8. The van der Waals surface area contributed by atoms with Gasteiger partial charge in [0.05, 0.1) is 5.92 Å². The Morgan fingerprint density at radius 1 is 0.778 bits per heavy atom. The first-order valence-corrected chi connectivity index (χ1v) is 18.4. The number of carbonyl (C=O) groups excluding carboxylic acids is 4. The van der Waals surface area contributed by atoms with E-state index in [0.29, 0.717) is 47.2 Å². The average molecular weight is 627 g/mol. The van der Waals surface area contributed by atoms with Gasteiger partial charge < -0.3 is 9.47 Å². The predicted octanol–water partition coefficient (Wildman–Crippen LogP) is 8.69. The molecule has 2 aliphatic heterocycles. The van der Waals surface area contributed by atoms with Gasteiger partial charge in [-0.15, -0.1) is 0 Å². The number of carbonyl (C=O) groups is 4. The first-order chi connectivity index (χ1) is 21.2. The molecular formula is C39H62O6. The van der Waals surface area contributed by atoms with E-state index in [4.69, 9.17) is 9.47 Å². The van der Waals surface area contributed by atoms with Gasteiger partial charge in [-0.25, -0.2) is 4.79 Å². The van der Waals surface area contributed by atoms with Crippen LogP contribution in [0.2, 0.25) is 0 Å². The molecule has 0 aromatic carbocycles. The Morgan fingerprint density at radius 3 is 1.91 bits per heavy atom. The van der Waals surface area contributed by atoms with Gasteiger partial charge in [0.2, 0.25) is 0 Å². The summed E-state index contributed by atoms with van der Waals surface area (Å²) in [6, 6.07) is 0. The summed E-state index contributed by atoms with van der Waals surface area (Å²) in [4.78, 5) is 47.8. The lowest BCUT2D eigenvalue weighted by Crippen LogP contribution is -2.42. The topological polar surface area (TPSA) is 86.7 Å². The maximum atomic E-state index is 12.5. The van der Waals surface area contributed by atoms with Crippen LogP contribution in [-0.4, -0.2) is 35.7 Å². The molecule has 2 heterocycles. The van der Waals surface area contributed by atoms with Crippen LogP contribution >= 0.6 is 0 Å². The second kappa shape index (κ2) is 14.4. The highest BCUT2D eigenvalue weighted by Crippen LogP contribution is 2.59. The summed E-state index contributed by atoms with van der Waals surface area (Å²) >= 11 is 0. The number of Topliss-reactive ketones (excluding diaryl/α,β-unsaturated/α-hetero) is 2. The van der Waals surface area contributed by atoms with Crippen molar-refractivity contribution in [1.82, 2.24) is 0 Å². The molecule has 0 radical (unpaired) electrons. The molecule has 0 aromatic rings. The molecule has 6 aliphatic rings. The molecule has 6 fully saturated rings. The maximum absolute atomic E-state index is 12.5. The SMILES string of the molecule is C=C1CC(C[C@@H](C)C2CCC3C(=O)CCC[C@@]32C)OC1=O.CC.CC1CCC2(C)C(CCC2[C@H](C)CC2C[C@H](C)C(=O)O2)C1=O. The van der Waals surface area contributed by atoms with Crippen LogP contribution in [0.4, 0.5) is 0 Å². The van der Waals surface area contributed by atoms with Crippen LogP contribution in [0.25, 0.3) is 0 Å². The van der Waals surface area contributed by atoms with Gasteiger partial charge in [0.1, 0.15) is 23.8 Å². The third-order valence-corrected chi connectivity index (χ3v) is 13.3. The number of cyclic esters (lactones) is 2. The van der Waals surface area contributed by atoms with Crippen molar-refractivity contribution < 1.29 is 28.7 Å². The van der Waals surface area contributed by atoms with Gasteiger partial charge in [0, 0.05) is 36.2 Å². The molecule has 45 heavy (non-hydrogen) atoms. The van der Waals surface area contributed by atoms with Crippen molar-refractivity contribution in [3.63, 3.8) is 0 Å². The van der Waals surface area contributed by atoms with Crippen LogP contribution in [0, 0.1) is 58.2 Å². The zero-order valence-corrected chi connectivity index (χ0v) is 29.6. The normalized spacial score (nSPS) is 42.0. The minimum absolute atomic E-state index is 0.00180. The van der Waals surface area contributed by atoms with Crippen LogP contribution < -0.4 is 0 Å². The molecule has 0 bridgehead atoms. The summed E-state index contributed by atoms with van der Waals surface area (Å²) in [7, 11) is 0. The van der Waals surface area contributed by atoms with E-state index in [1.807, 2.05) is 20.8 Å². The van der Waals surface area contributed by atoms with Gasteiger partial charge in [-0.1, -0.05) is 62.0 Å². The number of ether oxygens (including phenoxy) is 2. The summed E-state index contributed by atoms with van der Waals surface area (Å²) in [5, 5.41) is 0. The molecule has 0 spiro atoms. The van der Waals surface area contributed by atoms with E-state index in [9.17, 15) is 19.2 Å². The molecule has 12 atom stereocenters. The zero-order chi connectivity index (χ0) is 33.3. The molecule has 4 saturated carbocycles. The quantitative estimate of drug-likeness (QED) is 0.217. The summed E-state index contributed by atoms with van der Waals surface area (Å²) in [5.74, 6) is 3.80. The molecule has 8 unspecified atom stereocenters. The van der Waals surface area contributed by atoms with Gasteiger partial charge in [-0.05, 0) is 105 Å². The first-order valence-electron chi connectivity index (χ1n) is 18.4. The van der Waals surface area contributed by atoms with E-state index in [-0.39, 0.29) is 58.6 Å². The minimum Gasteiger partial charge on any atom is -0.462 e. The Morgan fingerprint density at radius 2 is 1.36 bits per heavy atom. The largest absolute Gasteiger partial charge is 0.462 e. The number of hydrogen-bond donors (Lipinski definition) is 0. The van der Waals surface area contributed by atoms with Crippen LogP contribution in [0.5, 0.6) is 0 Å². The Hall–Kier alpha value is -1.98. The van der Waals surface area contributed by atoms with Gasteiger partial charge >= 0.3 is 11.9 Å². The Balaban J connectivity index is 0.000000194. The molecule has 6 nitrogen and oxygen atoms in total. The number of rotatable bonds is 6. The fourth-order valence-corrected chi connectivity index (χ4v) is 10.8. The average Bonchev–Trinajstić information content (AvgIpc) is 3.71. The van der Waals surface area contributed by atoms with Crippen LogP contribution in [0.1, 0.15) is 139 Å². The zero-order valence-electron chi connectivity index (χ0n) is 29.6. The van der Waals surface area contributed by atoms with Crippen molar-refractivity contribution in [3.05, 3.63) is 12.2 Å². The molecule has 0 N–H and O–H groups in total. The van der Waals surface area contributed by atoms with Crippen LogP contribution in [0.15, 0.2) is 12.2 Å². The van der Waals surface area contributed by atoms with Crippen molar-refractivity contribution in [1.29, 1.82) is 0 Å². The molecule has 254 valence electrons. The lowest BCUT2D eigenvalue weighted by molar-refractivity contribution is -0.144. The van der Waals surface area contributed by atoms with Gasteiger partial charge in [0.15, 0.2) is 0 Å². The summed E-state index contributed by atoms with van der Waals surface area (Å²) in [6.45, 7) is 21.1. The standard InChI is InChI=1S/C19H30O3.C18H26O3.C2H6/c1-11-7-8-19(4)15(5-6-16(19)17(11)20)12(2)9-14-10-13(3)18(21)22-14;1-11(9-13-10-12(2)17(20)21-13)14-6-7-15-16(19)5-4-8-18(14,15)3;1-2/h11-16H,5-10H2,1-4H3;11,13-15H,2,4-10H2,1,3H3;1-2H3/t11?,12-,13+,14?,15?,16?,19?;11-,13?,14?,15?,18-;/m11./s1. The summed E-state index contributed by atoms with van der Waals surface area (Å²) < 4.78 is 10.9. The third-order valence-electron chi connectivity index (χ3n) is 13.3. The molecular weight excluding hydrogens is 564 g/mol. The second-order valence-electron chi connectivity index (χ2n) is 16.1. The molecule has 0 aromatic heterocycles. The molecule has 6 rings (SSSR count). The highest BCUT2D eigenvalue weighted by atomic mass is 16.6. The molecule has 6 heteroatoms. The number of esters is 2. The molecule has 2 saturated heterocycles. The lowest BCUT2D eigenvalue weighted by atomic mass is 9.60. The summed E-state index contributed by atoms with van der Waals surface area (Å²) in [5.41, 5.74) is 0.960. The van der Waals surface area contributed by atoms with Crippen LogP contribution in [0.3, 0.4) is 0 Å². The maximum Gasteiger partial charge on any atom is 0.333 e. The van der Waals surface area contributed by atoms with E-state index in [0.717, 1.165) is 64.2 Å². The van der Waals surface area contributed by atoms with E-state index in [1.165, 1.54) is 12.8 Å². The van der Waals surface area contributed by atoms with Crippen molar-refractivity contribution in [3.8, 4) is 0 Å². The lowest BCUT2D eigenvalue weighted by Gasteiger charge is -2.44. The summed E-state index contributed by atoms with van der Waals surface area (Å²) in [6.07, 6.45) is 13.2. The van der Waals surface area contributed by atoms with E-state index in [2.05, 4.69) is 41.2 Å². The highest BCUT2D eigenvalue weighted by Gasteiger charge is 2.55. The highest BCUT2D eigenvalue weighted by molar-refractivity contribution is 5.90. The van der Waals surface area contributed by atoms with Crippen molar-refractivity contribution in [2.75, 3.05) is 0 Å². The smallest absolute Gasteiger partial charge is 0.333 e. The number of hydrogen-bond acceptors (Lipinski definition) is 6. The van der Waals surface area contributed by atoms with Crippen molar-refractivity contribution in [2.24, 2.45) is 58.2 Å². The van der Waals surface area contributed by atoms with Crippen LogP contribution in [-0.2, 0) is 28.7 Å². The number of fused-ring (bicyclic) bond motifs is 2. The molecule has 0 amide bonds. The Kier molecular flexibility index (Phi) is 11.5. The van der Waals surface area contributed by atoms with Crippen molar-refractivity contribution in [2.45, 2.75) is 151 Å². The number of ketones is 2.